The van der Waals surface area contributed by atoms with Gasteiger partial charge in [0.05, 0.1) is 11.0 Å². The highest BCUT2D eigenvalue weighted by Gasteiger charge is 2.24. The molecule has 0 saturated heterocycles. The summed E-state index contributed by atoms with van der Waals surface area (Å²) in [4.78, 5) is 4.79. The number of rotatable bonds is 1. The molecule has 2 rings (SSSR count). The zero-order valence-corrected chi connectivity index (χ0v) is 12.9. The lowest BCUT2D eigenvalue weighted by molar-refractivity contribution is 0.378. The molecule has 0 aliphatic rings. The van der Waals surface area contributed by atoms with Crippen molar-refractivity contribution in [2.45, 2.75) is 57.0 Å². The van der Waals surface area contributed by atoms with Crippen LogP contribution in [0.2, 0.25) is 0 Å². The number of imidazole rings is 1. The average molecular weight is 262 g/mol. The van der Waals surface area contributed by atoms with E-state index in [9.17, 15) is 0 Å². The molecule has 1 heterocycles. The van der Waals surface area contributed by atoms with Gasteiger partial charge in [-0.3, -0.25) is 0 Å². The lowest BCUT2D eigenvalue weighted by atomic mass is 10.1. The maximum atomic E-state index is 4.79. The van der Waals surface area contributed by atoms with Crippen LogP contribution >= 0.6 is 11.8 Å². The molecule has 18 heavy (non-hydrogen) atoms. The summed E-state index contributed by atoms with van der Waals surface area (Å²) in [6, 6.07) is 8.37. The van der Waals surface area contributed by atoms with Gasteiger partial charge in [-0.1, -0.05) is 44.7 Å². The molecule has 0 amide bonds. The van der Waals surface area contributed by atoms with E-state index in [0.717, 1.165) is 10.7 Å². The normalized spacial score (nSPS) is 13.2. The Hall–Kier alpha value is -0.960. The third-order valence-corrected chi connectivity index (χ3v) is 3.67. The standard InChI is InChI=1S/C15H22N2S/c1-14(2,3)17-12-10-8-7-9-11(12)16-13(17)18-15(4,5)6/h7-10H,1-6H3. The average Bonchev–Trinajstić information content (AvgIpc) is 2.50. The van der Waals surface area contributed by atoms with Crippen molar-refractivity contribution in [3.8, 4) is 0 Å². The minimum Gasteiger partial charge on any atom is -0.314 e. The lowest BCUT2D eigenvalue weighted by Gasteiger charge is -2.26. The van der Waals surface area contributed by atoms with E-state index in [4.69, 9.17) is 4.98 Å². The fourth-order valence-corrected chi connectivity index (χ4v) is 3.15. The highest BCUT2D eigenvalue weighted by Crippen LogP contribution is 2.36. The fourth-order valence-electron chi connectivity index (χ4n) is 1.99. The van der Waals surface area contributed by atoms with Gasteiger partial charge < -0.3 is 4.57 Å². The number of hydrogen-bond acceptors (Lipinski definition) is 2. The van der Waals surface area contributed by atoms with E-state index < -0.39 is 0 Å². The van der Waals surface area contributed by atoms with Crippen molar-refractivity contribution in [2.75, 3.05) is 0 Å². The molecule has 0 saturated carbocycles. The van der Waals surface area contributed by atoms with E-state index in [1.54, 1.807) is 0 Å². The van der Waals surface area contributed by atoms with Crippen LogP contribution in [0.3, 0.4) is 0 Å². The van der Waals surface area contributed by atoms with Crippen molar-refractivity contribution in [1.82, 2.24) is 9.55 Å². The van der Waals surface area contributed by atoms with Gasteiger partial charge in [0.1, 0.15) is 0 Å². The SMILES string of the molecule is CC(C)(C)Sc1nc2ccccc2n1C(C)(C)C. The van der Waals surface area contributed by atoms with Crippen molar-refractivity contribution in [3.05, 3.63) is 24.3 Å². The van der Waals surface area contributed by atoms with Gasteiger partial charge in [0.15, 0.2) is 5.16 Å². The molecule has 0 aliphatic heterocycles. The van der Waals surface area contributed by atoms with Gasteiger partial charge in [-0.05, 0) is 32.9 Å². The minimum absolute atomic E-state index is 0.0453. The van der Waals surface area contributed by atoms with Gasteiger partial charge in [0.25, 0.3) is 0 Å². The van der Waals surface area contributed by atoms with Crippen molar-refractivity contribution >= 4 is 22.8 Å². The fraction of sp³-hybridized carbons (Fsp3) is 0.533. The predicted molar refractivity (Wildman–Crippen MR) is 80.3 cm³/mol. The summed E-state index contributed by atoms with van der Waals surface area (Å²) in [5, 5.41) is 1.11. The highest BCUT2D eigenvalue weighted by molar-refractivity contribution is 8.00. The highest BCUT2D eigenvalue weighted by atomic mass is 32.2. The Labute approximate surface area is 114 Å². The molecule has 1 aromatic heterocycles. The third kappa shape index (κ3) is 2.72. The molecule has 0 fully saturated rings. The van der Waals surface area contributed by atoms with E-state index >= 15 is 0 Å². The summed E-state index contributed by atoms with van der Waals surface area (Å²) in [6.07, 6.45) is 0. The monoisotopic (exact) mass is 262 g/mol. The molecule has 0 N–H and O–H groups in total. The third-order valence-electron chi connectivity index (χ3n) is 2.60. The second kappa shape index (κ2) is 4.30. The number of benzene rings is 1. The maximum Gasteiger partial charge on any atom is 0.170 e. The summed E-state index contributed by atoms with van der Waals surface area (Å²) >= 11 is 1.83. The summed E-state index contributed by atoms with van der Waals surface area (Å²) in [7, 11) is 0. The molecule has 0 aliphatic carbocycles. The summed E-state index contributed by atoms with van der Waals surface area (Å²) in [5.41, 5.74) is 2.35. The number of para-hydroxylation sites is 2. The minimum atomic E-state index is 0.0453. The van der Waals surface area contributed by atoms with Crippen LogP contribution < -0.4 is 0 Å². The molecule has 0 radical (unpaired) electrons. The van der Waals surface area contributed by atoms with Crippen LogP contribution in [-0.2, 0) is 5.54 Å². The van der Waals surface area contributed by atoms with E-state index in [-0.39, 0.29) is 10.3 Å². The lowest BCUT2D eigenvalue weighted by Crippen LogP contribution is -2.23. The van der Waals surface area contributed by atoms with E-state index in [0.29, 0.717) is 0 Å². The van der Waals surface area contributed by atoms with E-state index in [1.165, 1.54) is 5.52 Å². The first-order chi connectivity index (χ1) is 8.18. The Morgan fingerprint density at radius 2 is 1.61 bits per heavy atom. The number of fused-ring (bicyclic) bond motifs is 1. The van der Waals surface area contributed by atoms with E-state index in [1.807, 2.05) is 17.8 Å². The van der Waals surface area contributed by atoms with Crippen LogP contribution in [0.15, 0.2) is 29.4 Å². The van der Waals surface area contributed by atoms with Crippen LogP contribution in [0.4, 0.5) is 0 Å². The van der Waals surface area contributed by atoms with Gasteiger partial charge in [-0.2, -0.15) is 0 Å². The molecule has 0 bridgehead atoms. The van der Waals surface area contributed by atoms with Gasteiger partial charge in [0, 0.05) is 10.3 Å². The van der Waals surface area contributed by atoms with Crippen molar-refractivity contribution in [1.29, 1.82) is 0 Å². The predicted octanol–water partition coefficient (Wildman–Crippen LogP) is 4.68. The zero-order chi connectivity index (χ0) is 13.6. The second-order valence-corrected chi connectivity index (χ2v) is 8.40. The molecule has 2 aromatic rings. The Morgan fingerprint density at radius 3 is 2.17 bits per heavy atom. The van der Waals surface area contributed by atoms with Crippen LogP contribution in [0.25, 0.3) is 11.0 Å². The number of hydrogen-bond donors (Lipinski definition) is 0. The van der Waals surface area contributed by atoms with Gasteiger partial charge in [-0.15, -0.1) is 0 Å². The first-order valence-electron chi connectivity index (χ1n) is 6.35. The van der Waals surface area contributed by atoms with Crippen LogP contribution in [0.5, 0.6) is 0 Å². The van der Waals surface area contributed by atoms with Crippen molar-refractivity contribution in [2.24, 2.45) is 0 Å². The smallest absolute Gasteiger partial charge is 0.170 e. The quantitative estimate of drug-likeness (QED) is 0.694. The van der Waals surface area contributed by atoms with Gasteiger partial charge in [0.2, 0.25) is 0 Å². The van der Waals surface area contributed by atoms with Gasteiger partial charge in [-0.25, -0.2) is 4.98 Å². The molecule has 0 atom stereocenters. The first kappa shape index (κ1) is 13.5. The molecule has 1 aromatic carbocycles. The Balaban J connectivity index is 2.65. The Morgan fingerprint density at radius 1 is 1.00 bits per heavy atom. The summed E-state index contributed by atoms with van der Waals surface area (Å²) < 4.78 is 2.52. The Bertz CT molecular complexity index is 556. The largest absolute Gasteiger partial charge is 0.314 e. The molecule has 2 nitrogen and oxygen atoms in total. The molecular weight excluding hydrogens is 240 g/mol. The topological polar surface area (TPSA) is 17.8 Å². The summed E-state index contributed by atoms with van der Waals surface area (Å²) in [5.74, 6) is 0. The first-order valence-corrected chi connectivity index (χ1v) is 7.17. The van der Waals surface area contributed by atoms with E-state index in [2.05, 4.69) is 64.3 Å². The van der Waals surface area contributed by atoms with Crippen molar-refractivity contribution < 1.29 is 0 Å². The van der Waals surface area contributed by atoms with Crippen LogP contribution in [0.1, 0.15) is 41.5 Å². The second-order valence-electron chi connectivity index (χ2n) is 6.60. The maximum absolute atomic E-state index is 4.79. The van der Waals surface area contributed by atoms with Crippen molar-refractivity contribution in [3.63, 3.8) is 0 Å². The Kier molecular flexibility index (Phi) is 3.22. The number of nitrogens with zero attached hydrogens (tertiary/aromatic N) is 2. The van der Waals surface area contributed by atoms with Gasteiger partial charge >= 0.3 is 0 Å². The molecule has 0 unspecified atom stereocenters. The van der Waals surface area contributed by atoms with Crippen LogP contribution in [0, 0.1) is 0 Å². The zero-order valence-electron chi connectivity index (χ0n) is 12.1. The van der Waals surface area contributed by atoms with Crippen LogP contribution in [-0.4, -0.2) is 14.3 Å². The summed E-state index contributed by atoms with van der Waals surface area (Å²) in [6.45, 7) is 13.4. The molecule has 0 spiro atoms. The molecule has 98 valence electrons. The molecular formula is C15H22N2S. The number of aromatic nitrogens is 2. The number of thioether (sulfide) groups is 1. The molecule has 3 heteroatoms.